The van der Waals surface area contributed by atoms with Crippen LogP contribution in [0.1, 0.15) is 0 Å². The number of hydrogen-bond donors (Lipinski definition) is 1. The molecule has 0 spiro atoms. The number of fused-ring (bicyclic) bond motifs is 5. The maximum atomic E-state index is 13.3. The molecule has 6 rings (SSSR count). The van der Waals surface area contributed by atoms with E-state index in [9.17, 15) is 9.59 Å². The fourth-order valence-electron chi connectivity index (χ4n) is 4.46. The van der Waals surface area contributed by atoms with Crippen molar-refractivity contribution in [2.24, 2.45) is 0 Å². The number of nitrogens with zero attached hydrogens (tertiary/aromatic N) is 2. The van der Waals surface area contributed by atoms with Crippen LogP contribution < -0.4 is 20.3 Å². The summed E-state index contributed by atoms with van der Waals surface area (Å²) in [5.41, 5.74) is 2.92. The highest BCUT2D eigenvalue weighted by atomic mass is 16.5. The predicted molar refractivity (Wildman–Crippen MR) is 132 cm³/mol. The average Bonchev–Trinajstić information content (AvgIpc) is 3.21. The van der Waals surface area contributed by atoms with Crippen molar-refractivity contribution >= 4 is 49.7 Å². The van der Waals surface area contributed by atoms with Gasteiger partial charge in [-0.05, 0) is 54.6 Å². The lowest BCUT2D eigenvalue weighted by molar-refractivity contribution is -0.118. The highest BCUT2D eigenvalue weighted by molar-refractivity contribution is 6.18. The molecule has 0 aliphatic rings. The Morgan fingerprint density at radius 3 is 2.47 bits per heavy atom. The molecule has 0 atom stereocenters. The van der Waals surface area contributed by atoms with E-state index < -0.39 is 0 Å². The van der Waals surface area contributed by atoms with Gasteiger partial charge in [0.05, 0.1) is 23.7 Å². The normalized spacial score (nSPS) is 11.4. The number of benzene rings is 3. The summed E-state index contributed by atoms with van der Waals surface area (Å²) in [7, 11) is 1.59. The molecule has 0 fully saturated rings. The zero-order chi connectivity index (χ0) is 23.2. The second kappa shape index (κ2) is 7.74. The number of carbonyl (C=O) groups excluding carboxylic acids is 1. The van der Waals surface area contributed by atoms with Crippen molar-refractivity contribution in [3.8, 4) is 11.5 Å². The average molecular weight is 449 g/mol. The van der Waals surface area contributed by atoms with Gasteiger partial charge in [0.1, 0.15) is 11.5 Å². The lowest BCUT2D eigenvalue weighted by Gasteiger charge is -2.08. The molecular weight excluding hydrogens is 430 g/mol. The Bertz CT molecular complexity index is 1760. The predicted octanol–water partition coefficient (Wildman–Crippen LogP) is 4.62. The zero-order valence-electron chi connectivity index (χ0n) is 18.2. The Balaban J connectivity index is 1.35. The number of amides is 1. The maximum absolute atomic E-state index is 13.3. The van der Waals surface area contributed by atoms with Crippen molar-refractivity contribution in [3.63, 3.8) is 0 Å². The molecule has 7 heteroatoms. The summed E-state index contributed by atoms with van der Waals surface area (Å²) in [6.07, 6.45) is 1.75. The van der Waals surface area contributed by atoms with E-state index in [4.69, 9.17) is 9.47 Å². The molecule has 6 aromatic rings. The van der Waals surface area contributed by atoms with Gasteiger partial charge in [0.2, 0.25) is 0 Å². The van der Waals surface area contributed by atoms with E-state index in [1.165, 1.54) is 0 Å². The Morgan fingerprint density at radius 2 is 1.68 bits per heavy atom. The third-order valence-electron chi connectivity index (χ3n) is 6.01. The first-order chi connectivity index (χ1) is 16.6. The topological polar surface area (TPSA) is 81.9 Å². The minimum Gasteiger partial charge on any atom is -0.497 e. The number of carbonyl (C=O) groups is 1. The third kappa shape index (κ3) is 3.09. The van der Waals surface area contributed by atoms with Crippen LogP contribution in [-0.2, 0) is 4.79 Å². The monoisotopic (exact) mass is 449 g/mol. The number of rotatable bonds is 5. The lowest BCUT2D eigenvalue weighted by Crippen LogP contribution is -2.20. The van der Waals surface area contributed by atoms with Crippen molar-refractivity contribution in [1.82, 2.24) is 9.38 Å². The molecule has 1 amide bonds. The van der Waals surface area contributed by atoms with Crippen LogP contribution in [0.3, 0.4) is 0 Å². The van der Waals surface area contributed by atoms with Gasteiger partial charge in [-0.3, -0.25) is 19.0 Å². The molecule has 3 heterocycles. The fraction of sp³-hybridized carbons (Fsp3) is 0.0741. The SMILES string of the molecule is COc1ccc(NC(=O)COc2ccc3c(c2)c2ccnc4c5ccccc5c(=O)n3c24)cc1. The molecule has 34 heavy (non-hydrogen) atoms. The number of nitrogens with one attached hydrogen (secondary N) is 1. The van der Waals surface area contributed by atoms with E-state index in [1.807, 2.05) is 42.5 Å². The smallest absolute Gasteiger partial charge is 0.263 e. The Kier molecular flexibility index (Phi) is 4.55. The van der Waals surface area contributed by atoms with E-state index in [0.29, 0.717) is 22.6 Å². The van der Waals surface area contributed by atoms with Gasteiger partial charge in [-0.2, -0.15) is 0 Å². The molecule has 0 unspecified atom stereocenters. The molecule has 166 valence electrons. The molecule has 7 nitrogen and oxygen atoms in total. The van der Waals surface area contributed by atoms with E-state index in [0.717, 1.165) is 32.7 Å². The molecular formula is C27H19N3O4. The second-order valence-corrected chi connectivity index (χ2v) is 7.99. The van der Waals surface area contributed by atoms with Gasteiger partial charge in [-0.25, -0.2) is 0 Å². The van der Waals surface area contributed by atoms with Crippen LogP contribution in [0.5, 0.6) is 11.5 Å². The summed E-state index contributed by atoms with van der Waals surface area (Å²) in [6.45, 7) is -0.145. The summed E-state index contributed by atoms with van der Waals surface area (Å²) in [4.78, 5) is 30.3. The van der Waals surface area contributed by atoms with Crippen molar-refractivity contribution < 1.29 is 14.3 Å². The van der Waals surface area contributed by atoms with Gasteiger partial charge in [0, 0.05) is 33.4 Å². The summed E-state index contributed by atoms with van der Waals surface area (Å²) >= 11 is 0. The Morgan fingerprint density at radius 1 is 0.912 bits per heavy atom. The van der Waals surface area contributed by atoms with Crippen molar-refractivity contribution in [1.29, 1.82) is 0 Å². The minimum absolute atomic E-state index is 0.0800. The first-order valence-electron chi connectivity index (χ1n) is 10.8. The van der Waals surface area contributed by atoms with Crippen molar-refractivity contribution in [3.05, 3.63) is 89.3 Å². The second-order valence-electron chi connectivity index (χ2n) is 7.99. The first-order valence-corrected chi connectivity index (χ1v) is 10.8. The number of pyridine rings is 2. The van der Waals surface area contributed by atoms with Crippen LogP contribution in [0.4, 0.5) is 5.69 Å². The summed E-state index contributed by atoms with van der Waals surface area (Å²) < 4.78 is 12.6. The van der Waals surface area contributed by atoms with Crippen LogP contribution in [0.15, 0.2) is 83.8 Å². The summed E-state index contributed by atoms with van der Waals surface area (Å²) in [5, 5.41) is 6.04. The molecule has 0 saturated carbocycles. The van der Waals surface area contributed by atoms with Gasteiger partial charge >= 0.3 is 0 Å². The van der Waals surface area contributed by atoms with Gasteiger partial charge in [-0.15, -0.1) is 0 Å². The molecule has 3 aromatic carbocycles. The van der Waals surface area contributed by atoms with E-state index in [2.05, 4.69) is 10.3 Å². The van der Waals surface area contributed by atoms with Gasteiger partial charge in [-0.1, -0.05) is 18.2 Å². The molecule has 0 aliphatic carbocycles. The van der Waals surface area contributed by atoms with Crippen LogP contribution in [-0.4, -0.2) is 29.0 Å². The Hall–Kier alpha value is -4.65. The van der Waals surface area contributed by atoms with E-state index in [-0.39, 0.29) is 18.1 Å². The fourth-order valence-corrected chi connectivity index (χ4v) is 4.46. The molecule has 0 bridgehead atoms. The molecule has 0 saturated heterocycles. The van der Waals surface area contributed by atoms with Crippen LogP contribution >= 0.6 is 0 Å². The van der Waals surface area contributed by atoms with Crippen molar-refractivity contribution in [2.45, 2.75) is 0 Å². The maximum Gasteiger partial charge on any atom is 0.263 e. The number of methoxy groups -OCH3 is 1. The number of anilines is 1. The highest BCUT2D eigenvalue weighted by Crippen LogP contribution is 2.34. The lowest BCUT2D eigenvalue weighted by atomic mass is 10.1. The van der Waals surface area contributed by atoms with Crippen LogP contribution in [0, 0.1) is 0 Å². The Labute approximate surface area is 193 Å². The largest absolute Gasteiger partial charge is 0.497 e. The molecule has 0 aliphatic heterocycles. The summed E-state index contributed by atoms with van der Waals surface area (Å²) in [6, 6.07) is 22.0. The number of aromatic nitrogens is 2. The standard InChI is InChI=1S/C27H19N3O4/c1-33-17-8-6-16(7-9-17)29-24(31)15-34-18-10-11-23-22(14-18)20-12-13-28-25-19-4-2-3-5-21(19)27(32)30(23)26(20)25/h2-14H,15H2,1H3,(H,29,31). The van der Waals surface area contributed by atoms with Crippen LogP contribution in [0.25, 0.3) is 38.1 Å². The van der Waals surface area contributed by atoms with Gasteiger partial charge < -0.3 is 14.8 Å². The minimum atomic E-state index is -0.275. The zero-order valence-corrected chi connectivity index (χ0v) is 18.2. The summed E-state index contributed by atoms with van der Waals surface area (Å²) in [5.74, 6) is 0.979. The number of ether oxygens (including phenoxy) is 2. The van der Waals surface area contributed by atoms with Gasteiger partial charge in [0.25, 0.3) is 11.5 Å². The van der Waals surface area contributed by atoms with Gasteiger partial charge in [0.15, 0.2) is 6.61 Å². The highest BCUT2D eigenvalue weighted by Gasteiger charge is 2.18. The van der Waals surface area contributed by atoms with Crippen LogP contribution in [0.2, 0.25) is 0 Å². The third-order valence-corrected chi connectivity index (χ3v) is 6.01. The van der Waals surface area contributed by atoms with E-state index >= 15 is 0 Å². The quantitative estimate of drug-likeness (QED) is 0.389. The molecule has 0 radical (unpaired) electrons. The first kappa shape index (κ1) is 20.0. The van der Waals surface area contributed by atoms with Crippen molar-refractivity contribution in [2.75, 3.05) is 19.0 Å². The molecule has 3 aromatic heterocycles. The molecule has 1 N–H and O–H groups in total. The number of hydrogen-bond acceptors (Lipinski definition) is 5. The van der Waals surface area contributed by atoms with E-state index in [1.54, 1.807) is 48.0 Å².